The van der Waals surface area contributed by atoms with Gasteiger partial charge in [0.2, 0.25) is 0 Å². The number of hydrogen-bond acceptors (Lipinski definition) is 2. The third kappa shape index (κ3) is 3.17. The molecule has 2 rings (SSSR count). The van der Waals surface area contributed by atoms with Crippen LogP contribution in [0.2, 0.25) is 0 Å². The van der Waals surface area contributed by atoms with E-state index >= 15 is 0 Å². The zero-order valence-electron chi connectivity index (χ0n) is 10.4. The monoisotopic (exact) mass is 229 g/mol. The Kier molecular flexibility index (Phi) is 3.94. The van der Waals surface area contributed by atoms with Crippen LogP contribution in [-0.4, -0.2) is 15.8 Å². The molecule has 3 heteroatoms. The number of rotatable bonds is 5. The van der Waals surface area contributed by atoms with Gasteiger partial charge in [-0.05, 0) is 37.1 Å². The van der Waals surface area contributed by atoms with Gasteiger partial charge in [0.15, 0.2) is 0 Å². The van der Waals surface area contributed by atoms with E-state index < -0.39 is 0 Å². The van der Waals surface area contributed by atoms with Gasteiger partial charge in [0.1, 0.15) is 0 Å². The first kappa shape index (κ1) is 11.9. The Labute approximate surface area is 102 Å². The van der Waals surface area contributed by atoms with E-state index in [9.17, 15) is 0 Å². The fourth-order valence-electron chi connectivity index (χ4n) is 1.62. The molecule has 1 N–H and O–H groups in total. The van der Waals surface area contributed by atoms with Gasteiger partial charge in [0, 0.05) is 25.0 Å². The van der Waals surface area contributed by atoms with Crippen LogP contribution < -0.4 is 5.32 Å². The van der Waals surface area contributed by atoms with Crippen LogP contribution in [0.4, 0.5) is 0 Å². The van der Waals surface area contributed by atoms with Crippen molar-refractivity contribution in [2.24, 2.45) is 0 Å². The lowest BCUT2D eigenvalue weighted by molar-refractivity contribution is 0.534. The maximum atomic E-state index is 4.20. The van der Waals surface area contributed by atoms with Gasteiger partial charge in [-0.25, -0.2) is 4.68 Å². The average Bonchev–Trinajstić information content (AvgIpc) is 2.90. The molecule has 90 valence electrons. The van der Waals surface area contributed by atoms with Crippen molar-refractivity contribution in [2.75, 3.05) is 0 Å². The highest BCUT2D eigenvalue weighted by atomic mass is 15.3. The summed E-state index contributed by atoms with van der Waals surface area (Å²) >= 11 is 0. The second-order valence-electron chi connectivity index (χ2n) is 4.31. The van der Waals surface area contributed by atoms with E-state index in [-0.39, 0.29) is 0 Å². The molecule has 0 fully saturated rings. The Morgan fingerprint density at radius 3 is 2.65 bits per heavy atom. The minimum atomic E-state index is 0.570. The van der Waals surface area contributed by atoms with Crippen molar-refractivity contribution in [3.05, 3.63) is 48.3 Å². The van der Waals surface area contributed by atoms with Crippen LogP contribution in [-0.2, 0) is 6.54 Å². The minimum absolute atomic E-state index is 0.570. The molecule has 0 saturated heterocycles. The fourth-order valence-corrected chi connectivity index (χ4v) is 1.62. The molecule has 1 unspecified atom stereocenters. The molecule has 0 saturated carbocycles. The van der Waals surface area contributed by atoms with Crippen LogP contribution in [0.3, 0.4) is 0 Å². The smallest absolute Gasteiger partial charge is 0.0645 e. The maximum absolute atomic E-state index is 4.20. The van der Waals surface area contributed by atoms with E-state index in [1.807, 2.05) is 16.9 Å². The van der Waals surface area contributed by atoms with Gasteiger partial charge in [-0.3, -0.25) is 0 Å². The van der Waals surface area contributed by atoms with Crippen molar-refractivity contribution in [1.29, 1.82) is 0 Å². The van der Waals surface area contributed by atoms with Crippen molar-refractivity contribution < 1.29 is 0 Å². The van der Waals surface area contributed by atoms with Crippen LogP contribution >= 0.6 is 0 Å². The number of nitrogens with one attached hydrogen (secondary N) is 1. The largest absolute Gasteiger partial charge is 0.310 e. The van der Waals surface area contributed by atoms with Crippen molar-refractivity contribution in [2.45, 2.75) is 32.9 Å². The fraction of sp³-hybridized carbons (Fsp3) is 0.357. The van der Waals surface area contributed by atoms with E-state index in [1.54, 1.807) is 6.20 Å². The van der Waals surface area contributed by atoms with Gasteiger partial charge in [0.05, 0.1) is 5.69 Å². The molecule has 0 spiro atoms. The summed E-state index contributed by atoms with van der Waals surface area (Å²) in [5, 5.41) is 7.69. The number of benzene rings is 1. The van der Waals surface area contributed by atoms with E-state index in [0.717, 1.165) is 18.7 Å². The summed E-state index contributed by atoms with van der Waals surface area (Å²) in [5.74, 6) is 0. The molecular weight excluding hydrogens is 210 g/mol. The molecule has 0 aliphatic carbocycles. The molecule has 0 bridgehead atoms. The highest BCUT2D eigenvalue weighted by Gasteiger charge is 1.99. The standard InChI is InChI=1S/C14H19N3/c1-3-12(2)15-11-13-5-7-14(8-6-13)17-10-4-9-16-17/h4-10,12,15H,3,11H2,1-2H3. The van der Waals surface area contributed by atoms with Crippen LogP contribution in [0, 0.1) is 0 Å². The summed E-state index contributed by atoms with van der Waals surface area (Å²) in [5.41, 5.74) is 2.41. The molecule has 1 heterocycles. The van der Waals surface area contributed by atoms with Crippen LogP contribution in [0.25, 0.3) is 5.69 Å². The van der Waals surface area contributed by atoms with Gasteiger partial charge in [-0.2, -0.15) is 5.10 Å². The van der Waals surface area contributed by atoms with Crippen molar-refractivity contribution in [1.82, 2.24) is 15.1 Å². The first-order chi connectivity index (χ1) is 8.29. The first-order valence-corrected chi connectivity index (χ1v) is 6.12. The molecule has 0 aliphatic heterocycles. The van der Waals surface area contributed by atoms with E-state index in [0.29, 0.717) is 6.04 Å². The van der Waals surface area contributed by atoms with Crippen LogP contribution in [0.5, 0.6) is 0 Å². The lowest BCUT2D eigenvalue weighted by Crippen LogP contribution is -2.24. The summed E-state index contributed by atoms with van der Waals surface area (Å²) in [7, 11) is 0. The van der Waals surface area contributed by atoms with E-state index in [2.05, 4.69) is 48.5 Å². The second kappa shape index (κ2) is 5.64. The molecule has 1 aromatic carbocycles. The maximum Gasteiger partial charge on any atom is 0.0645 e. The highest BCUT2D eigenvalue weighted by Crippen LogP contribution is 2.08. The SMILES string of the molecule is CCC(C)NCc1ccc(-n2cccn2)cc1. The molecule has 2 aromatic rings. The summed E-state index contributed by atoms with van der Waals surface area (Å²) in [4.78, 5) is 0. The number of hydrogen-bond donors (Lipinski definition) is 1. The zero-order valence-corrected chi connectivity index (χ0v) is 10.4. The molecule has 0 radical (unpaired) electrons. The van der Waals surface area contributed by atoms with Crippen molar-refractivity contribution in [3.8, 4) is 5.69 Å². The molecule has 1 aromatic heterocycles. The first-order valence-electron chi connectivity index (χ1n) is 6.12. The third-order valence-electron chi connectivity index (χ3n) is 2.97. The predicted octanol–water partition coefficient (Wildman–Crippen LogP) is 2.76. The summed E-state index contributed by atoms with van der Waals surface area (Å²) < 4.78 is 1.87. The Balaban J connectivity index is 1.99. The molecule has 1 atom stereocenters. The van der Waals surface area contributed by atoms with E-state index in [1.165, 1.54) is 5.56 Å². The molecule has 17 heavy (non-hydrogen) atoms. The van der Waals surface area contributed by atoms with Crippen LogP contribution in [0.1, 0.15) is 25.8 Å². The summed E-state index contributed by atoms with van der Waals surface area (Å²) in [6, 6.07) is 11.0. The van der Waals surface area contributed by atoms with Gasteiger partial charge in [-0.1, -0.05) is 19.1 Å². The molecular formula is C14H19N3. The van der Waals surface area contributed by atoms with Crippen molar-refractivity contribution in [3.63, 3.8) is 0 Å². The average molecular weight is 229 g/mol. The summed E-state index contributed by atoms with van der Waals surface area (Å²) in [6.07, 6.45) is 4.90. The summed E-state index contributed by atoms with van der Waals surface area (Å²) in [6.45, 7) is 5.32. The van der Waals surface area contributed by atoms with E-state index in [4.69, 9.17) is 0 Å². The van der Waals surface area contributed by atoms with Crippen LogP contribution in [0.15, 0.2) is 42.7 Å². The lowest BCUT2D eigenvalue weighted by atomic mass is 10.2. The number of nitrogens with zero attached hydrogens (tertiary/aromatic N) is 2. The predicted molar refractivity (Wildman–Crippen MR) is 70.2 cm³/mol. The third-order valence-corrected chi connectivity index (χ3v) is 2.97. The second-order valence-corrected chi connectivity index (χ2v) is 4.31. The van der Waals surface area contributed by atoms with Gasteiger partial charge < -0.3 is 5.32 Å². The minimum Gasteiger partial charge on any atom is -0.310 e. The quantitative estimate of drug-likeness (QED) is 0.854. The van der Waals surface area contributed by atoms with Gasteiger partial charge in [-0.15, -0.1) is 0 Å². The van der Waals surface area contributed by atoms with Crippen molar-refractivity contribution >= 4 is 0 Å². The lowest BCUT2D eigenvalue weighted by Gasteiger charge is -2.11. The molecule has 3 nitrogen and oxygen atoms in total. The van der Waals surface area contributed by atoms with Gasteiger partial charge >= 0.3 is 0 Å². The zero-order chi connectivity index (χ0) is 12.1. The Morgan fingerprint density at radius 2 is 2.06 bits per heavy atom. The number of aromatic nitrogens is 2. The van der Waals surface area contributed by atoms with Gasteiger partial charge in [0.25, 0.3) is 0 Å². The Morgan fingerprint density at radius 1 is 1.29 bits per heavy atom. The topological polar surface area (TPSA) is 29.9 Å². The Bertz CT molecular complexity index is 431. The molecule has 0 amide bonds. The molecule has 0 aliphatic rings. The highest BCUT2D eigenvalue weighted by molar-refractivity contribution is 5.33. The normalized spacial score (nSPS) is 12.6. The Hall–Kier alpha value is -1.61.